The SMILES string of the molecule is CCN(C1CCNCC1)S(=O)(=O)c1cc(Cl)ccc1C. The van der Waals surface area contributed by atoms with E-state index in [1.165, 1.54) is 0 Å². The van der Waals surface area contributed by atoms with Gasteiger partial charge in [-0.2, -0.15) is 4.31 Å². The molecular weight excluding hydrogens is 296 g/mol. The van der Waals surface area contributed by atoms with Gasteiger partial charge in [0.1, 0.15) is 0 Å². The van der Waals surface area contributed by atoms with Gasteiger partial charge in [-0.1, -0.05) is 24.6 Å². The summed E-state index contributed by atoms with van der Waals surface area (Å²) >= 11 is 5.96. The molecule has 4 nitrogen and oxygen atoms in total. The van der Waals surface area contributed by atoms with Crippen molar-refractivity contribution < 1.29 is 8.42 Å². The van der Waals surface area contributed by atoms with Gasteiger partial charge in [0.05, 0.1) is 4.90 Å². The first-order valence-corrected chi connectivity index (χ1v) is 8.77. The van der Waals surface area contributed by atoms with E-state index in [9.17, 15) is 8.42 Å². The highest BCUT2D eigenvalue weighted by molar-refractivity contribution is 7.89. The lowest BCUT2D eigenvalue weighted by molar-refractivity contribution is 0.270. The Balaban J connectivity index is 2.38. The molecule has 112 valence electrons. The largest absolute Gasteiger partial charge is 0.317 e. The monoisotopic (exact) mass is 316 g/mol. The first-order valence-electron chi connectivity index (χ1n) is 6.95. The predicted octanol–water partition coefficient (Wildman–Crippen LogP) is 2.41. The van der Waals surface area contributed by atoms with Crippen LogP contribution in [0.5, 0.6) is 0 Å². The summed E-state index contributed by atoms with van der Waals surface area (Å²) in [4.78, 5) is 0.324. The number of aryl methyl sites for hydroxylation is 1. The van der Waals surface area contributed by atoms with Crippen molar-refractivity contribution in [3.63, 3.8) is 0 Å². The zero-order chi connectivity index (χ0) is 14.8. The highest BCUT2D eigenvalue weighted by Gasteiger charge is 2.32. The maximum absolute atomic E-state index is 12.9. The fourth-order valence-corrected chi connectivity index (χ4v) is 4.88. The average Bonchev–Trinajstić information content (AvgIpc) is 2.43. The highest BCUT2D eigenvalue weighted by atomic mass is 35.5. The van der Waals surface area contributed by atoms with E-state index in [0.717, 1.165) is 31.5 Å². The lowest BCUT2D eigenvalue weighted by atomic mass is 10.1. The second-order valence-electron chi connectivity index (χ2n) is 5.10. The molecule has 1 heterocycles. The van der Waals surface area contributed by atoms with Crippen LogP contribution in [0, 0.1) is 6.92 Å². The minimum atomic E-state index is -3.48. The molecule has 6 heteroatoms. The molecule has 0 spiro atoms. The third-order valence-electron chi connectivity index (χ3n) is 3.76. The van der Waals surface area contributed by atoms with E-state index in [-0.39, 0.29) is 6.04 Å². The van der Waals surface area contributed by atoms with Crippen LogP contribution < -0.4 is 5.32 Å². The van der Waals surface area contributed by atoms with Gasteiger partial charge in [0.25, 0.3) is 0 Å². The first-order chi connectivity index (χ1) is 9.46. The Morgan fingerprint density at radius 2 is 2.00 bits per heavy atom. The molecule has 1 N–H and O–H groups in total. The van der Waals surface area contributed by atoms with Crippen LogP contribution >= 0.6 is 11.6 Å². The predicted molar refractivity (Wildman–Crippen MR) is 81.6 cm³/mol. The molecule has 2 rings (SSSR count). The van der Waals surface area contributed by atoms with E-state index >= 15 is 0 Å². The number of hydrogen-bond donors (Lipinski definition) is 1. The first kappa shape index (κ1) is 15.8. The Morgan fingerprint density at radius 3 is 2.60 bits per heavy atom. The van der Waals surface area contributed by atoms with Crippen LogP contribution in [0.25, 0.3) is 0 Å². The average molecular weight is 317 g/mol. The van der Waals surface area contributed by atoms with Gasteiger partial charge < -0.3 is 5.32 Å². The van der Waals surface area contributed by atoms with Crippen LogP contribution in [-0.4, -0.2) is 38.4 Å². The molecule has 1 aliphatic heterocycles. The molecule has 0 amide bonds. The Labute approximate surface area is 126 Å². The van der Waals surface area contributed by atoms with Gasteiger partial charge in [-0.25, -0.2) is 8.42 Å². The molecule has 1 aromatic rings. The van der Waals surface area contributed by atoms with Gasteiger partial charge in [-0.15, -0.1) is 0 Å². The second-order valence-corrected chi connectivity index (χ2v) is 7.39. The molecule has 0 bridgehead atoms. The van der Waals surface area contributed by atoms with Crippen molar-refractivity contribution >= 4 is 21.6 Å². The molecular formula is C14H21ClN2O2S. The lowest BCUT2D eigenvalue weighted by Crippen LogP contribution is -2.46. The Morgan fingerprint density at radius 1 is 1.35 bits per heavy atom. The molecule has 0 unspecified atom stereocenters. The summed E-state index contributed by atoms with van der Waals surface area (Å²) in [5.41, 5.74) is 0.738. The van der Waals surface area contributed by atoms with Crippen LogP contribution in [0.3, 0.4) is 0 Å². The van der Waals surface area contributed by atoms with Crippen molar-refractivity contribution in [3.05, 3.63) is 28.8 Å². The van der Waals surface area contributed by atoms with E-state index in [2.05, 4.69) is 5.32 Å². The maximum atomic E-state index is 12.9. The van der Waals surface area contributed by atoms with E-state index < -0.39 is 10.0 Å². The summed E-state index contributed by atoms with van der Waals surface area (Å²) in [5.74, 6) is 0. The van der Waals surface area contributed by atoms with Crippen LogP contribution in [-0.2, 0) is 10.0 Å². The number of halogens is 1. The summed E-state index contributed by atoms with van der Waals surface area (Å²) < 4.78 is 27.4. The summed E-state index contributed by atoms with van der Waals surface area (Å²) in [7, 11) is -3.48. The van der Waals surface area contributed by atoms with E-state index in [0.29, 0.717) is 16.5 Å². The topological polar surface area (TPSA) is 49.4 Å². The Kier molecular flexibility index (Phi) is 5.07. The van der Waals surface area contributed by atoms with Gasteiger partial charge in [-0.05, 0) is 50.6 Å². The van der Waals surface area contributed by atoms with Crippen LogP contribution in [0.1, 0.15) is 25.3 Å². The van der Waals surface area contributed by atoms with Gasteiger partial charge in [0.15, 0.2) is 0 Å². The van der Waals surface area contributed by atoms with E-state index in [1.807, 2.05) is 6.92 Å². The fraction of sp³-hybridized carbons (Fsp3) is 0.571. The van der Waals surface area contributed by atoms with Gasteiger partial charge in [0, 0.05) is 17.6 Å². The molecule has 1 fully saturated rings. The molecule has 20 heavy (non-hydrogen) atoms. The summed E-state index contributed by atoms with van der Waals surface area (Å²) in [5, 5.41) is 3.72. The van der Waals surface area contributed by atoms with E-state index in [1.54, 1.807) is 29.4 Å². The zero-order valence-electron chi connectivity index (χ0n) is 11.9. The molecule has 0 aliphatic carbocycles. The van der Waals surface area contributed by atoms with E-state index in [4.69, 9.17) is 11.6 Å². The highest BCUT2D eigenvalue weighted by Crippen LogP contribution is 2.26. The number of benzene rings is 1. The molecule has 1 aliphatic rings. The standard InChI is InChI=1S/C14H21ClN2O2S/c1-3-17(13-6-8-16-9-7-13)20(18,19)14-10-12(15)5-4-11(14)2/h4-5,10,13,16H,3,6-9H2,1-2H3. The van der Waals surface area contributed by atoms with Crippen LogP contribution in [0.2, 0.25) is 5.02 Å². The molecule has 1 aromatic carbocycles. The number of hydrogen-bond acceptors (Lipinski definition) is 3. The number of nitrogens with one attached hydrogen (secondary N) is 1. The third-order valence-corrected chi connectivity index (χ3v) is 6.17. The lowest BCUT2D eigenvalue weighted by Gasteiger charge is -2.33. The fourth-order valence-electron chi connectivity index (χ4n) is 2.70. The summed E-state index contributed by atoms with van der Waals surface area (Å²) in [6, 6.07) is 5.10. The van der Waals surface area contributed by atoms with Crippen LogP contribution in [0.15, 0.2) is 23.1 Å². The second kappa shape index (κ2) is 6.43. The van der Waals surface area contributed by atoms with Crippen molar-refractivity contribution in [2.45, 2.75) is 37.6 Å². The van der Waals surface area contributed by atoms with Crippen molar-refractivity contribution in [1.82, 2.24) is 9.62 Å². The number of sulfonamides is 1. The van der Waals surface area contributed by atoms with Crippen LogP contribution in [0.4, 0.5) is 0 Å². The smallest absolute Gasteiger partial charge is 0.243 e. The molecule has 0 aromatic heterocycles. The maximum Gasteiger partial charge on any atom is 0.243 e. The summed E-state index contributed by atoms with van der Waals surface area (Å²) in [6.07, 6.45) is 1.71. The van der Waals surface area contributed by atoms with Crippen molar-refractivity contribution in [2.75, 3.05) is 19.6 Å². The minimum Gasteiger partial charge on any atom is -0.317 e. The molecule has 1 saturated heterocycles. The number of rotatable bonds is 4. The number of piperidine rings is 1. The van der Waals surface area contributed by atoms with Gasteiger partial charge >= 0.3 is 0 Å². The van der Waals surface area contributed by atoms with Crippen molar-refractivity contribution in [3.8, 4) is 0 Å². The molecule has 0 atom stereocenters. The van der Waals surface area contributed by atoms with Crippen molar-refractivity contribution in [2.24, 2.45) is 0 Å². The quantitative estimate of drug-likeness (QED) is 0.928. The Hall–Kier alpha value is -0.620. The zero-order valence-corrected chi connectivity index (χ0v) is 13.5. The normalized spacial score (nSPS) is 17.6. The van der Waals surface area contributed by atoms with Crippen molar-refractivity contribution in [1.29, 1.82) is 0 Å². The molecule has 0 radical (unpaired) electrons. The Bertz CT molecular complexity index is 569. The van der Waals surface area contributed by atoms with Gasteiger partial charge in [-0.3, -0.25) is 0 Å². The third kappa shape index (κ3) is 3.17. The summed E-state index contributed by atoms with van der Waals surface area (Å²) in [6.45, 7) is 5.91. The minimum absolute atomic E-state index is 0.0737. The van der Waals surface area contributed by atoms with Gasteiger partial charge in [0.2, 0.25) is 10.0 Å². The number of nitrogens with zero attached hydrogens (tertiary/aromatic N) is 1. The molecule has 0 saturated carbocycles.